The zero-order chi connectivity index (χ0) is 17.6. The summed E-state index contributed by atoms with van der Waals surface area (Å²) in [7, 11) is 0. The van der Waals surface area contributed by atoms with Crippen molar-refractivity contribution in [2.24, 2.45) is 0 Å². The van der Waals surface area contributed by atoms with E-state index in [9.17, 15) is 4.79 Å². The van der Waals surface area contributed by atoms with Gasteiger partial charge in [0.25, 0.3) is 0 Å². The number of benzene rings is 2. The third kappa shape index (κ3) is 4.88. The highest BCUT2D eigenvalue weighted by Crippen LogP contribution is 2.34. The van der Waals surface area contributed by atoms with Gasteiger partial charge in [0.05, 0.1) is 6.42 Å². The molecule has 1 aliphatic rings. The third-order valence-electron chi connectivity index (χ3n) is 4.87. The van der Waals surface area contributed by atoms with Crippen LogP contribution in [0.1, 0.15) is 48.1 Å². The van der Waals surface area contributed by atoms with Crippen LogP contribution in [0.3, 0.4) is 0 Å². The molecular formula is C22H27NOS. The minimum absolute atomic E-state index is 0.256. The number of amides is 1. The predicted octanol–water partition coefficient (Wildman–Crippen LogP) is 5.06. The molecule has 0 bridgehead atoms. The van der Waals surface area contributed by atoms with Crippen molar-refractivity contribution in [1.29, 1.82) is 0 Å². The molecule has 1 amide bonds. The Morgan fingerprint density at radius 2 is 1.80 bits per heavy atom. The Kier molecular flexibility index (Phi) is 6.19. The second-order valence-electron chi connectivity index (χ2n) is 7.01. The van der Waals surface area contributed by atoms with E-state index in [1.807, 2.05) is 16.7 Å². The van der Waals surface area contributed by atoms with Gasteiger partial charge in [0.15, 0.2) is 0 Å². The zero-order valence-electron chi connectivity index (χ0n) is 15.2. The number of nitrogens with zero attached hydrogens (tertiary/aromatic N) is 1. The lowest BCUT2D eigenvalue weighted by atomic mass is 10.0. The highest BCUT2D eigenvalue weighted by molar-refractivity contribution is 7.99. The predicted molar refractivity (Wildman–Crippen MR) is 107 cm³/mol. The molecule has 0 aromatic heterocycles. The molecule has 3 rings (SSSR count). The van der Waals surface area contributed by atoms with Crippen molar-refractivity contribution < 1.29 is 4.79 Å². The lowest BCUT2D eigenvalue weighted by Gasteiger charge is -2.20. The van der Waals surface area contributed by atoms with E-state index in [2.05, 4.69) is 68.4 Å². The Balaban J connectivity index is 1.57. The first kappa shape index (κ1) is 18.1. The molecule has 0 saturated carbocycles. The molecule has 25 heavy (non-hydrogen) atoms. The van der Waals surface area contributed by atoms with Gasteiger partial charge in [-0.25, -0.2) is 0 Å². The van der Waals surface area contributed by atoms with Crippen LogP contribution in [0.2, 0.25) is 0 Å². The van der Waals surface area contributed by atoms with E-state index < -0.39 is 0 Å². The summed E-state index contributed by atoms with van der Waals surface area (Å²) < 4.78 is 0. The molecule has 2 aromatic carbocycles. The van der Waals surface area contributed by atoms with Crippen molar-refractivity contribution in [2.75, 3.05) is 18.8 Å². The Bertz CT molecular complexity index is 681. The monoisotopic (exact) mass is 353 g/mol. The summed E-state index contributed by atoms with van der Waals surface area (Å²) in [4.78, 5) is 14.7. The summed E-state index contributed by atoms with van der Waals surface area (Å²) in [6.45, 7) is 6.10. The lowest BCUT2D eigenvalue weighted by Crippen LogP contribution is -2.34. The van der Waals surface area contributed by atoms with Gasteiger partial charge in [0, 0.05) is 24.1 Å². The van der Waals surface area contributed by atoms with Crippen LogP contribution in [0.5, 0.6) is 0 Å². The Labute approximate surface area is 155 Å². The molecule has 2 aromatic rings. The average Bonchev–Trinajstić information content (AvgIpc) is 2.89. The Hall–Kier alpha value is -1.74. The number of rotatable bonds is 4. The fourth-order valence-corrected chi connectivity index (χ4v) is 4.49. The minimum atomic E-state index is 0.256. The van der Waals surface area contributed by atoms with Gasteiger partial charge in [-0.2, -0.15) is 11.8 Å². The molecule has 0 aliphatic carbocycles. The van der Waals surface area contributed by atoms with Gasteiger partial charge in [0.1, 0.15) is 0 Å². The molecule has 1 saturated heterocycles. The average molecular weight is 354 g/mol. The molecule has 2 nitrogen and oxygen atoms in total. The second kappa shape index (κ2) is 8.57. The first-order chi connectivity index (χ1) is 12.1. The van der Waals surface area contributed by atoms with E-state index in [0.717, 1.165) is 30.8 Å². The van der Waals surface area contributed by atoms with Crippen LogP contribution in [0.15, 0.2) is 54.6 Å². The van der Waals surface area contributed by atoms with Crippen LogP contribution in [-0.2, 0) is 11.2 Å². The van der Waals surface area contributed by atoms with Crippen molar-refractivity contribution in [3.05, 3.63) is 71.3 Å². The van der Waals surface area contributed by atoms with Crippen molar-refractivity contribution in [2.45, 2.75) is 37.9 Å². The molecule has 0 N–H and O–H groups in total. The van der Waals surface area contributed by atoms with Gasteiger partial charge in [-0.05, 0) is 29.0 Å². The Morgan fingerprint density at radius 1 is 1.08 bits per heavy atom. The molecule has 1 atom stereocenters. The number of hydrogen-bond acceptors (Lipinski definition) is 2. The zero-order valence-corrected chi connectivity index (χ0v) is 16.0. The summed E-state index contributed by atoms with van der Waals surface area (Å²) in [5.41, 5.74) is 3.82. The molecule has 1 unspecified atom stereocenters. The van der Waals surface area contributed by atoms with Crippen molar-refractivity contribution in [3.8, 4) is 0 Å². The van der Waals surface area contributed by atoms with Crippen LogP contribution in [0, 0.1) is 0 Å². The maximum atomic E-state index is 12.7. The topological polar surface area (TPSA) is 20.3 Å². The van der Waals surface area contributed by atoms with Crippen molar-refractivity contribution >= 4 is 17.7 Å². The van der Waals surface area contributed by atoms with Crippen LogP contribution in [0.25, 0.3) is 0 Å². The number of carbonyl (C=O) groups is 1. The molecular weight excluding hydrogens is 326 g/mol. The van der Waals surface area contributed by atoms with Crippen LogP contribution in [-0.4, -0.2) is 29.6 Å². The van der Waals surface area contributed by atoms with Gasteiger partial charge < -0.3 is 4.90 Å². The van der Waals surface area contributed by atoms with Gasteiger partial charge in [-0.3, -0.25) is 4.79 Å². The quantitative estimate of drug-likeness (QED) is 0.766. The van der Waals surface area contributed by atoms with Crippen LogP contribution < -0.4 is 0 Å². The SMILES string of the molecule is CC(C)c1ccc(CC(=O)N2CCSC(c3ccccc3)CC2)cc1. The van der Waals surface area contributed by atoms with Gasteiger partial charge >= 0.3 is 0 Å². The van der Waals surface area contributed by atoms with Crippen molar-refractivity contribution in [3.63, 3.8) is 0 Å². The van der Waals surface area contributed by atoms with Crippen LogP contribution >= 0.6 is 11.8 Å². The first-order valence-electron chi connectivity index (χ1n) is 9.16. The molecule has 1 aliphatic heterocycles. The number of hydrogen-bond donors (Lipinski definition) is 0. The molecule has 132 valence electrons. The van der Waals surface area contributed by atoms with E-state index in [4.69, 9.17) is 0 Å². The summed E-state index contributed by atoms with van der Waals surface area (Å²) in [6.07, 6.45) is 1.55. The third-order valence-corrected chi connectivity index (χ3v) is 6.20. The molecule has 1 fully saturated rings. The second-order valence-corrected chi connectivity index (χ2v) is 8.32. The normalized spacial score (nSPS) is 18.2. The number of carbonyl (C=O) groups excluding carboxylic acids is 1. The molecule has 0 spiro atoms. The van der Waals surface area contributed by atoms with E-state index in [-0.39, 0.29) is 5.91 Å². The molecule has 1 heterocycles. The molecule has 3 heteroatoms. The summed E-state index contributed by atoms with van der Waals surface area (Å²) in [6, 6.07) is 19.2. The van der Waals surface area contributed by atoms with Crippen molar-refractivity contribution in [1.82, 2.24) is 4.90 Å². The number of thioether (sulfide) groups is 1. The highest BCUT2D eigenvalue weighted by Gasteiger charge is 2.22. The Morgan fingerprint density at radius 3 is 2.48 bits per heavy atom. The first-order valence-corrected chi connectivity index (χ1v) is 10.2. The minimum Gasteiger partial charge on any atom is -0.342 e. The largest absolute Gasteiger partial charge is 0.342 e. The van der Waals surface area contributed by atoms with Gasteiger partial charge in [-0.1, -0.05) is 68.4 Å². The smallest absolute Gasteiger partial charge is 0.227 e. The fraction of sp³-hybridized carbons (Fsp3) is 0.409. The van der Waals surface area contributed by atoms with E-state index in [1.54, 1.807) is 0 Å². The standard InChI is InChI=1S/C22H27NOS/c1-17(2)19-10-8-18(9-11-19)16-22(24)23-13-12-21(25-15-14-23)20-6-4-3-5-7-20/h3-11,17,21H,12-16H2,1-2H3. The van der Waals surface area contributed by atoms with Gasteiger partial charge in [0.2, 0.25) is 5.91 Å². The van der Waals surface area contributed by atoms with E-state index in [0.29, 0.717) is 17.6 Å². The maximum absolute atomic E-state index is 12.7. The summed E-state index contributed by atoms with van der Waals surface area (Å²) >= 11 is 1.98. The maximum Gasteiger partial charge on any atom is 0.227 e. The fourth-order valence-electron chi connectivity index (χ4n) is 3.26. The highest BCUT2D eigenvalue weighted by atomic mass is 32.2. The van der Waals surface area contributed by atoms with E-state index >= 15 is 0 Å². The lowest BCUT2D eigenvalue weighted by molar-refractivity contribution is -0.130. The van der Waals surface area contributed by atoms with Gasteiger partial charge in [-0.15, -0.1) is 0 Å². The summed E-state index contributed by atoms with van der Waals surface area (Å²) in [5.74, 6) is 1.80. The molecule has 0 radical (unpaired) electrons. The van der Waals surface area contributed by atoms with Crippen LogP contribution in [0.4, 0.5) is 0 Å². The van der Waals surface area contributed by atoms with E-state index in [1.165, 1.54) is 11.1 Å². The summed E-state index contributed by atoms with van der Waals surface area (Å²) in [5, 5.41) is 0.504.